The number of para-hydroxylation sites is 1. The maximum Gasteiger partial charge on any atom is 0.329 e. The van der Waals surface area contributed by atoms with Gasteiger partial charge in [0, 0.05) is 35.7 Å². The number of esters is 1. The summed E-state index contributed by atoms with van der Waals surface area (Å²) >= 11 is 0. The maximum absolute atomic E-state index is 12.9. The molecule has 0 radical (unpaired) electrons. The van der Waals surface area contributed by atoms with E-state index in [0.29, 0.717) is 12.0 Å². The van der Waals surface area contributed by atoms with Crippen molar-refractivity contribution in [3.63, 3.8) is 0 Å². The number of nitrogens with zero attached hydrogens (tertiary/aromatic N) is 1. The van der Waals surface area contributed by atoms with Gasteiger partial charge in [-0.3, -0.25) is 24.5 Å². The van der Waals surface area contributed by atoms with E-state index in [-0.39, 0.29) is 18.7 Å². The lowest BCUT2D eigenvalue weighted by Gasteiger charge is -2.21. The number of nitro groups is 1. The van der Waals surface area contributed by atoms with Crippen LogP contribution in [0.2, 0.25) is 0 Å². The number of hydrogen-bond donors (Lipinski definition) is 4. The average molecular weight is 481 g/mol. The van der Waals surface area contributed by atoms with Crippen LogP contribution in [0.1, 0.15) is 17.5 Å². The quantitative estimate of drug-likeness (QED) is 0.128. The SMILES string of the molecule is NC(=O)C[C@H](NC(=O)[C@H](Cc1c[nH]c2ccccc12)NC=O)C(=O)OCc1ccc([N+](=O)[O-])cc1. The third-order valence-corrected chi connectivity index (χ3v) is 5.22. The highest BCUT2D eigenvalue weighted by molar-refractivity contribution is 5.92. The second kappa shape index (κ2) is 11.4. The molecule has 0 saturated heterocycles. The van der Waals surface area contributed by atoms with E-state index >= 15 is 0 Å². The first kappa shape index (κ1) is 24.9. The number of nitro benzene ring substituents is 1. The number of amides is 3. The van der Waals surface area contributed by atoms with Crippen LogP contribution in [0.4, 0.5) is 5.69 Å². The van der Waals surface area contributed by atoms with Gasteiger partial charge in [0.15, 0.2) is 0 Å². The lowest BCUT2D eigenvalue weighted by atomic mass is 10.0. The van der Waals surface area contributed by atoms with E-state index in [1.54, 1.807) is 6.20 Å². The number of benzene rings is 2. The molecule has 0 aliphatic carbocycles. The number of carbonyl (C=O) groups is 4. The molecule has 35 heavy (non-hydrogen) atoms. The molecular weight excluding hydrogens is 458 g/mol. The molecule has 12 nitrogen and oxygen atoms in total. The summed E-state index contributed by atoms with van der Waals surface area (Å²) in [7, 11) is 0. The predicted octanol–water partition coefficient (Wildman–Crippen LogP) is 0.837. The highest BCUT2D eigenvalue weighted by Crippen LogP contribution is 2.19. The zero-order chi connectivity index (χ0) is 25.4. The van der Waals surface area contributed by atoms with Crippen molar-refractivity contribution in [2.45, 2.75) is 31.5 Å². The lowest BCUT2D eigenvalue weighted by molar-refractivity contribution is -0.384. The van der Waals surface area contributed by atoms with Crippen molar-refractivity contribution in [3.8, 4) is 0 Å². The molecule has 0 saturated carbocycles. The Morgan fingerprint density at radius 2 is 1.83 bits per heavy atom. The molecule has 3 aromatic rings. The summed E-state index contributed by atoms with van der Waals surface area (Å²) in [6.45, 7) is -0.243. The Bertz CT molecular complexity index is 1240. The number of H-pyrrole nitrogens is 1. The summed E-state index contributed by atoms with van der Waals surface area (Å²) in [5, 5.41) is 16.5. The van der Waals surface area contributed by atoms with Crippen LogP contribution in [-0.4, -0.2) is 46.2 Å². The zero-order valence-corrected chi connectivity index (χ0v) is 18.4. The van der Waals surface area contributed by atoms with Gasteiger partial charge >= 0.3 is 5.97 Å². The highest BCUT2D eigenvalue weighted by atomic mass is 16.6. The van der Waals surface area contributed by atoms with Gasteiger partial charge in [-0.15, -0.1) is 0 Å². The number of aromatic nitrogens is 1. The van der Waals surface area contributed by atoms with Crippen molar-refractivity contribution in [1.82, 2.24) is 15.6 Å². The summed E-state index contributed by atoms with van der Waals surface area (Å²) in [5.74, 6) is -2.48. The first-order valence-electron chi connectivity index (χ1n) is 10.5. The summed E-state index contributed by atoms with van der Waals surface area (Å²) in [6.07, 6.45) is 1.69. The Labute approximate surface area is 199 Å². The van der Waals surface area contributed by atoms with E-state index in [0.717, 1.165) is 16.5 Å². The number of rotatable bonds is 12. The van der Waals surface area contributed by atoms with Gasteiger partial charge in [0.1, 0.15) is 18.7 Å². The minimum absolute atomic E-state index is 0.121. The van der Waals surface area contributed by atoms with Gasteiger partial charge in [-0.2, -0.15) is 0 Å². The smallest absolute Gasteiger partial charge is 0.329 e. The van der Waals surface area contributed by atoms with Crippen LogP contribution in [0.15, 0.2) is 54.7 Å². The molecule has 0 aliphatic heterocycles. The molecule has 0 bridgehead atoms. The average Bonchev–Trinajstić information content (AvgIpc) is 3.24. The Balaban J connectivity index is 1.68. The van der Waals surface area contributed by atoms with Gasteiger partial charge in [-0.05, 0) is 29.3 Å². The number of fused-ring (bicyclic) bond motifs is 1. The molecule has 0 aliphatic rings. The molecule has 3 rings (SSSR count). The molecule has 0 fully saturated rings. The summed E-state index contributed by atoms with van der Waals surface area (Å²) in [4.78, 5) is 61.4. The summed E-state index contributed by atoms with van der Waals surface area (Å²) < 4.78 is 5.17. The van der Waals surface area contributed by atoms with Gasteiger partial charge in [-0.1, -0.05) is 18.2 Å². The van der Waals surface area contributed by atoms with Crippen molar-refractivity contribution in [3.05, 3.63) is 76.0 Å². The van der Waals surface area contributed by atoms with Crippen LogP contribution in [-0.2, 0) is 36.9 Å². The molecular formula is C23H23N5O7. The number of nitrogens with one attached hydrogen (secondary N) is 3. The van der Waals surface area contributed by atoms with E-state index in [1.165, 1.54) is 24.3 Å². The van der Waals surface area contributed by atoms with Crippen LogP contribution in [0.25, 0.3) is 10.9 Å². The van der Waals surface area contributed by atoms with Gasteiger partial charge in [0.25, 0.3) is 5.69 Å². The summed E-state index contributed by atoms with van der Waals surface area (Å²) in [5.41, 5.74) is 7.19. The van der Waals surface area contributed by atoms with Gasteiger partial charge in [-0.25, -0.2) is 4.79 Å². The van der Waals surface area contributed by atoms with Crippen molar-refractivity contribution in [1.29, 1.82) is 0 Å². The molecule has 2 atom stereocenters. The van der Waals surface area contributed by atoms with E-state index in [1.807, 2.05) is 24.3 Å². The molecule has 182 valence electrons. The van der Waals surface area contributed by atoms with Crippen LogP contribution < -0.4 is 16.4 Å². The predicted molar refractivity (Wildman–Crippen MR) is 124 cm³/mol. The Hall–Kier alpha value is -4.74. The molecule has 0 unspecified atom stereocenters. The topological polar surface area (TPSA) is 187 Å². The molecule has 2 aromatic carbocycles. The number of primary amides is 1. The van der Waals surface area contributed by atoms with E-state index < -0.39 is 41.2 Å². The van der Waals surface area contributed by atoms with Crippen LogP contribution >= 0.6 is 0 Å². The van der Waals surface area contributed by atoms with Gasteiger partial charge in [0.2, 0.25) is 18.2 Å². The Morgan fingerprint density at radius 3 is 2.49 bits per heavy atom. The minimum Gasteiger partial charge on any atom is -0.459 e. The lowest BCUT2D eigenvalue weighted by Crippen LogP contribution is -2.52. The van der Waals surface area contributed by atoms with E-state index in [4.69, 9.17) is 10.5 Å². The number of nitrogens with two attached hydrogens (primary N) is 1. The third-order valence-electron chi connectivity index (χ3n) is 5.22. The standard InChI is InChI=1S/C23H23N5O7/c24-21(30)10-20(23(32)35-12-14-5-7-16(8-6-14)28(33)34)27-22(31)19(26-13-29)9-15-11-25-18-4-2-1-3-17(15)18/h1-8,11,13,19-20,25H,9-10,12H2,(H2,24,30)(H,26,29)(H,27,31)/t19-,20-/m0/s1. The van der Waals surface area contributed by atoms with E-state index in [2.05, 4.69) is 15.6 Å². The zero-order valence-electron chi connectivity index (χ0n) is 18.4. The fourth-order valence-electron chi connectivity index (χ4n) is 3.47. The second-order valence-corrected chi connectivity index (χ2v) is 7.66. The Kier molecular flexibility index (Phi) is 8.11. The molecule has 5 N–H and O–H groups in total. The molecule has 3 amide bonds. The number of ether oxygens (including phenoxy) is 1. The van der Waals surface area contributed by atoms with Gasteiger partial charge in [0.05, 0.1) is 11.3 Å². The van der Waals surface area contributed by atoms with Crippen molar-refractivity contribution >= 4 is 40.8 Å². The highest BCUT2D eigenvalue weighted by Gasteiger charge is 2.28. The molecule has 0 spiro atoms. The normalized spacial score (nSPS) is 12.3. The fraction of sp³-hybridized carbons (Fsp3) is 0.217. The molecule has 1 aromatic heterocycles. The second-order valence-electron chi connectivity index (χ2n) is 7.66. The largest absolute Gasteiger partial charge is 0.459 e. The number of hydrogen-bond acceptors (Lipinski definition) is 7. The third kappa shape index (κ3) is 6.63. The molecule has 12 heteroatoms. The molecule has 1 heterocycles. The summed E-state index contributed by atoms with van der Waals surface area (Å²) in [6, 6.07) is 10.3. The minimum atomic E-state index is -1.39. The van der Waals surface area contributed by atoms with Crippen molar-refractivity contribution in [2.75, 3.05) is 0 Å². The van der Waals surface area contributed by atoms with Crippen molar-refractivity contribution in [2.24, 2.45) is 5.73 Å². The monoisotopic (exact) mass is 481 g/mol. The van der Waals surface area contributed by atoms with Crippen LogP contribution in [0, 0.1) is 10.1 Å². The maximum atomic E-state index is 12.9. The number of aromatic amines is 1. The Morgan fingerprint density at radius 1 is 1.11 bits per heavy atom. The van der Waals surface area contributed by atoms with Crippen LogP contribution in [0.5, 0.6) is 0 Å². The fourth-order valence-corrected chi connectivity index (χ4v) is 3.47. The first-order valence-corrected chi connectivity index (χ1v) is 10.5. The van der Waals surface area contributed by atoms with Crippen molar-refractivity contribution < 1.29 is 28.8 Å². The van der Waals surface area contributed by atoms with Crippen LogP contribution in [0.3, 0.4) is 0 Å². The first-order chi connectivity index (χ1) is 16.8. The number of non-ortho nitro benzene ring substituents is 1. The van der Waals surface area contributed by atoms with Gasteiger partial charge < -0.3 is 26.1 Å². The number of carbonyl (C=O) groups excluding carboxylic acids is 4. The van der Waals surface area contributed by atoms with E-state index in [9.17, 15) is 29.3 Å².